The monoisotopic (exact) mass is 323 g/mol. The molecule has 5 heteroatoms. The fourth-order valence-electron chi connectivity index (χ4n) is 3.01. The first-order valence-electron chi connectivity index (χ1n) is 8.16. The maximum atomic E-state index is 12.8. The van der Waals surface area contributed by atoms with Crippen molar-refractivity contribution < 1.29 is 9.59 Å². The van der Waals surface area contributed by atoms with E-state index in [0.29, 0.717) is 30.1 Å². The fourth-order valence-corrected chi connectivity index (χ4v) is 3.01. The molecule has 3 rings (SSSR count). The van der Waals surface area contributed by atoms with Gasteiger partial charge in [-0.15, -0.1) is 0 Å². The van der Waals surface area contributed by atoms with Gasteiger partial charge in [0.05, 0.1) is 0 Å². The maximum absolute atomic E-state index is 12.8. The van der Waals surface area contributed by atoms with Crippen LogP contribution in [-0.2, 0) is 11.3 Å². The molecule has 24 heavy (non-hydrogen) atoms. The number of benzene rings is 1. The highest BCUT2D eigenvalue weighted by Gasteiger charge is 2.36. The molecule has 1 atom stereocenters. The Hall–Kier alpha value is -2.69. The summed E-state index contributed by atoms with van der Waals surface area (Å²) in [4.78, 5) is 31.1. The topological polar surface area (TPSA) is 62.3 Å². The van der Waals surface area contributed by atoms with Crippen LogP contribution in [0.25, 0.3) is 0 Å². The minimum atomic E-state index is -0.488. The molecule has 1 aliphatic rings. The summed E-state index contributed by atoms with van der Waals surface area (Å²) in [7, 11) is 0. The predicted octanol–water partition coefficient (Wildman–Crippen LogP) is 3.09. The number of amides is 2. The molecule has 0 fully saturated rings. The Kier molecular flexibility index (Phi) is 4.60. The Morgan fingerprint density at radius 1 is 1.21 bits per heavy atom. The molecule has 0 spiro atoms. The Morgan fingerprint density at radius 2 is 1.92 bits per heavy atom. The van der Waals surface area contributed by atoms with Gasteiger partial charge in [-0.3, -0.25) is 14.6 Å². The van der Waals surface area contributed by atoms with Crippen molar-refractivity contribution in [3.05, 3.63) is 59.9 Å². The molecule has 0 saturated heterocycles. The van der Waals surface area contributed by atoms with Crippen LogP contribution < -0.4 is 5.32 Å². The first kappa shape index (κ1) is 16.2. The van der Waals surface area contributed by atoms with E-state index in [1.165, 1.54) is 0 Å². The van der Waals surface area contributed by atoms with E-state index in [4.69, 9.17) is 0 Å². The Morgan fingerprint density at radius 3 is 2.58 bits per heavy atom. The average molecular weight is 323 g/mol. The van der Waals surface area contributed by atoms with Gasteiger partial charge < -0.3 is 10.2 Å². The summed E-state index contributed by atoms with van der Waals surface area (Å²) in [6.45, 7) is 4.59. The first-order valence-corrected chi connectivity index (χ1v) is 8.16. The second-order valence-electron chi connectivity index (χ2n) is 6.46. The second-order valence-corrected chi connectivity index (χ2v) is 6.46. The number of nitrogens with one attached hydrogen (secondary N) is 1. The number of hydrogen-bond acceptors (Lipinski definition) is 3. The summed E-state index contributed by atoms with van der Waals surface area (Å²) >= 11 is 0. The Balaban J connectivity index is 1.82. The van der Waals surface area contributed by atoms with Crippen molar-refractivity contribution in [1.82, 2.24) is 9.88 Å². The smallest absolute Gasteiger partial charge is 0.255 e. The van der Waals surface area contributed by atoms with Gasteiger partial charge in [0.15, 0.2) is 0 Å². The summed E-state index contributed by atoms with van der Waals surface area (Å²) in [6.07, 6.45) is 3.88. The summed E-state index contributed by atoms with van der Waals surface area (Å²) in [5.41, 5.74) is 2.36. The van der Waals surface area contributed by atoms with Gasteiger partial charge in [-0.25, -0.2) is 0 Å². The minimum Gasteiger partial charge on any atom is -0.324 e. The molecule has 2 amide bonds. The van der Waals surface area contributed by atoms with E-state index >= 15 is 0 Å². The number of anilines is 1. The van der Waals surface area contributed by atoms with Crippen LogP contribution in [0.5, 0.6) is 0 Å². The zero-order valence-corrected chi connectivity index (χ0v) is 13.9. The van der Waals surface area contributed by atoms with Crippen molar-refractivity contribution in [2.75, 3.05) is 5.32 Å². The van der Waals surface area contributed by atoms with E-state index in [-0.39, 0.29) is 11.8 Å². The highest BCUT2D eigenvalue weighted by Crippen LogP contribution is 2.27. The van der Waals surface area contributed by atoms with Gasteiger partial charge in [0.2, 0.25) is 5.91 Å². The van der Waals surface area contributed by atoms with Gasteiger partial charge in [0.1, 0.15) is 6.04 Å². The number of pyridine rings is 1. The van der Waals surface area contributed by atoms with Crippen molar-refractivity contribution in [1.29, 1.82) is 0 Å². The Labute approximate surface area is 141 Å². The normalized spacial score (nSPS) is 14.6. The molecule has 0 unspecified atom stereocenters. The van der Waals surface area contributed by atoms with Gasteiger partial charge in [0, 0.05) is 30.2 Å². The summed E-state index contributed by atoms with van der Waals surface area (Å²) in [6, 6.07) is 10.5. The molecule has 5 nitrogen and oxygen atoms in total. The first-order chi connectivity index (χ1) is 11.6. The summed E-state index contributed by atoms with van der Waals surface area (Å²) in [5.74, 6) is 0.0758. The number of aromatic nitrogens is 1. The number of carbonyl (C=O) groups excluding carboxylic acids is 2. The molecule has 2 aromatic rings. The number of rotatable bonds is 5. The molecule has 124 valence electrons. The lowest BCUT2D eigenvalue weighted by atomic mass is 10.0. The van der Waals surface area contributed by atoms with Crippen LogP contribution >= 0.6 is 0 Å². The van der Waals surface area contributed by atoms with Crippen LogP contribution in [0.3, 0.4) is 0 Å². The molecule has 0 aliphatic carbocycles. The van der Waals surface area contributed by atoms with Crippen molar-refractivity contribution in [3.63, 3.8) is 0 Å². The third-order valence-electron chi connectivity index (χ3n) is 4.17. The molecule has 1 aliphatic heterocycles. The molecule has 1 N–H and O–H groups in total. The lowest BCUT2D eigenvalue weighted by molar-refractivity contribution is -0.121. The summed E-state index contributed by atoms with van der Waals surface area (Å²) in [5, 5.41) is 2.90. The van der Waals surface area contributed by atoms with E-state index in [0.717, 1.165) is 5.56 Å². The summed E-state index contributed by atoms with van der Waals surface area (Å²) < 4.78 is 0. The van der Waals surface area contributed by atoms with E-state index in [2.05, 4.69) is 24.1 Å². The Bertz CT molecular complexity index is 743. The van der Waals surface area contributed by atoms with Crippen LogP contribution in [0.1, 0.15) is 36.2 Å². The zero-order chi connectivity index (χ0) is 17.1. The predicted molar refractivity (Wildman–Crippen MR) is 92.4 cm³/mol. The highest BCUT2D eigenvalue weighted by molar-refractivity contribution is 6.03. The van der Waals surface area contributed by atoms with Crippen molar-refractivity contribution in [2.45, 2.75) is 32.9 Å². The van der Waals surface area contributed by atoms with Gasteiger partial charge in [-0.1, -0.05) is 32.0 Å². The average Bonchev–Trinajstić information content (AvgIpc) is 2.90. The fraction of sp³-hybridized carbons (Fsp3) is 0.316. The third-order valence-corrected chi connectivity index (χ3v) is 4.17. The minimum absolute atomic E-state index is 0.0684. The van der Waals surface area contributed by atoms with Crippen molar-refractivity contribution >= 4 is 17.5 Å². The SMILES string of the molecule is CC(C)C[C@@H](C(=O)Nc1ccncc1)N1Cc2ccccc2C1=O. The molecule has 0 radical (unpaired) electrons. The second kappa shape index (κ2) is 6.83. The largest absolute Gasteiger partial charge is 0.324 e. The molecular weight excluding hydrogens is 302 g/mol. The van der Waals surface area contributed by atoms with E-state index in [1.807, 2.05) is 24.3 Å². The number of hydrogen-bond donors (Lipinski definition) is 1. The zero-order valence-electron chi connectivity index (χ0n) is 13.9. The highest BCUT2D eigenvalue weighted by atomic mass is 16.2. The van der Waals surface area contributed by atoms with Crippen molar-refractivity contribution in [2.24, 2.45) is 5.92 Å². The van der Waals surface area contributed by atoms with Crippen molar-refractivity contribution in [3.8, 4) is 0 Å². The standard InChI is InChI=1S/C19H21N3O2/c1-13(2)11-17(18(23)21-15-7-9-20-10-8-15)22-12-14-5-3-4-6-16(14)19(22)24/h3-10,13,17H,11-12H2,1-2H3,(H,20,21,23)/t17-/m0/s1. The van der Waals surface area contributed by atoms with Crippen LogP contribution in [0.15, 0.2) is 48.8 Å². The van der Waals surface area contributed by atoms with E-state index in [9.17, 15) is 9.59 Å². The number of fused-ring (bicyclic) bond motifs is 1. The lowest BCUT2D eigenvalue weighted by Gasteiger charge is -2.28. The maximum Gasteiger partial charge on any atom is 0.255 e. The van der Waals surface area contributed by atoms with Crippen LogP contribution in [0.4, 0.5) is 5.69 Å². The molecule has 0 saturated carbocycles. The molecule has 1 aromatic carbocycles. The van der Waals surface area contributed by atoms with Crippen LogP contribution in [0, 0.1) is 5.92 Å². The quantitative estimate of drug-likeness (QED) is 0.920. The van der Waals surface area contributed by atoms with Crippen LogP contribution in [0.2, 0.25) is 0 Å². The van der Waals surface area contributed by atoms with Gasteiger partial charge in [-0.2, -0.15) is 0 Å². The van der Waals surface area contributed by atoms with Gasteiger partial charge in [-0.05, 0) is 36.1 Å². The number of carbonyl (C=O) groups is 2. The molecule has 2 heterocycles. The van der Waals surface area contributed by atoms with Gasteiger partial charge in [0.25, 0.3) is 5.91 Å². The van der Waals surface area contributed by atoms with Crippen LogP contribution in [-0.4, -0.2) is 27.7 Å². The van der Waals surface area contributed by atoms with E-state index < -0.39 is 6.04 Å². The molecule has 0 bridgehead atoms. The molecule has 1 aromatic heterocycles. The third kappa shape index (κ3) is 3.30. The molecular formula is C19H21N3O2. The van der Waals surface area contributed by atoms with Gasteiger partial charge >= 0.3 is 0 Å². The number of nitrogens with zero attached hydrogens (tertiary/aromatic N) is 2. The lowest BCUT2D eigenvalue weighted by Crippen LogP contribution is -2.45. The van der Waals surface area contributed by atoms with E-state index in [1.54, 1.807) is 29.4 Å².